The number of carboxylic acid groups (broad SMARTS) is 1. The molecule has 3 atom stereocenters. The molecular weight excluding hydrogens is 668 g/mol. The first-order valence-electron chi connectivity index (χ1n) is 17.6. The van der Waals surface area contributed by atoms with Crippen LogP contribution in [0.2, 0.25) is 5.02 Å². The van der Waals surface area contributed by atoms with Crippen molar-refractivity contribution in [2.24, 2.45) is 0 Å². The van der Waals surface area contributed by atoms with Gasteiger partial charge in [0.1, 0.15) is 0 Å². The van der Waals surface area contributed by atoms with Gasteiger partial charge >= 0.3 is 5.97 Å². The minimum Gasteiger partial charge on any atom is -0.481 e. The zero-order chi connectivity index (χ0) is 35.8. The Kier molecular flexibility index (Phi) is 12.2. The fraction of sp³-hybridized carbons (Fsp3) is 0.366. The highest BCUT2D eigenvalue weighted by molar-refractivity contribution is 6.30. The van der Waals surface area contributed by atoms with Crippen LogP contribution in [0.25, 0.3) is 11.1 Å². The number of hydrogen-bond donors (Lipinski definition) is 4. The minimum atomic E-state index is -0.907. The van der Waals surface area contributed by atoms with Crippen LogP contribution in [0.3, 0.4) is 0 Å². The zero-order valence-corrected chi connectivity index (χ0v) is 29.3. The van der Waals surface area contributed by atoms with E-state index in [2.05, 4.69) is 16.3 Å². The molecule has 6 rings (SSSR count). The average molecular weight is 713 g/mol. The number of nitrogens with zero attached hydrogens (tertiary/aromatic N) is 1. The van der Waals surface area contributed by atoms with Crippen LogP contribution in [0.5, 0.6) is 0 Å². The summed E-state index contributed by atoms with van der Waals surface area (Å²) < 4.78 is 13.3. The number of carbonyl (C=O) groups excluding carboxylic acids is 1. The van der Waals surface area contributed by atoms with E-state index in [1.807, 2.05) is 91.0 Å². The molecule has 4 aromatic carbocycles. The first-order valence-corrected chi connectivity index (χ1v) is 17.9. The van der Waals surface area contributed by atoms with E-state index < -0.39 is 17.9 Å². The summed E-state index contributed by atoms with van der Waals surface area (Å²) in [6, 6.07) is 31.4. The summed E-state index contributed by atoms with van der Waals surface area (Å²) in [5.74, 6) is -1.08. The summed E-state index contributed by atoms with van der Waals surface area (Å²) in [5.41, 5.74) is 5.67. The predicted octanol–water partition coefficient (Wildman–Crippen LogP) is 6.90. The molecule has 2 heterocycles. The highest BCUT2D eigenvalue weighted by atomic mass is 35.5. The summed E-state index contributed by atoms with van der Waals surface area (Å²) in [4.78, 5) is 25.3. The molecule has 2 saturated heterocycles. The third-order valence-corrected chi connectivity index (χ3v) is 10.1. The number of rotatable bonds is 13. The number of aliphatic carboxylic acids is 1. The molecule has 1 amide bonds. The maximum Gasteiger partial charge on any atom is 0.303 e. The number of piperidine rings is 1. The van der Waals surface area contributed by atoms with Gasteiger partial charge in [0.2, 0.25) is 5.91 Å². The van der Waals surface area contributed by atoms with Crippen molar-refractivity contribution in [3.05, 3.63) is 130 Å². The second-order valence-electron chi connectivity index (χ2n) is 13.5. The topological polar surface area (TPSA) is 129 Å². The third-order valence-electron chi connectivity index (χ3n) is 9.84. The molecule has 0 unspecified atom stereocenters. The van der Waals surface area contributed by atoms with Gasteiger partial charge in [0.25, 0.3) is 0 Å². The summed E-state index contributed by atoms with van der Waals surface area (Å²) in [5, 5.41) is 33.4. The van der Waals surface area contributed by atoms with Crippen molar-refractivity contribution in [3.63, 3.8) is 0 Å². The molecular formula is C41H45ClN2O7. The van der Waals surface area contributed by atoms with Crippen molar-refractivity contribution >= 4 is 23.5 Å². The van der Waals surface area contributed by atoms with Crippen molar-refractivity contribution in [2.75, 3.05) is 19.6 Å². The van der Waals surface area contributed by atoms with Crippen LogP contribution in [-0.4, -0.2) is 57.8 Å². The second kappa shape index (κ2) is 17.0. The molecule has 9 nitrogen and oxygen atoms in total. The number of amides is 1. The fourth-order valence-electron chi connectivity index (χ4n) is 6.89. The van der Waals surface area contributed by atoms with Crippen LogP contribution >= 0.6 is 11.6 Å². The van der Waals surface area contributed by atoms with E-state index in [9.17, 15) is 19.8 Å². The number of likely N-dealkylation sites (tertiary alicyclic amines) is 1. The highest BCUT2D eigenvalue weighted by Crippen LogP contribution is 2.40. The number of aliphatic hydroxyl groups is 2. The SMILES string of the molecule is O=C(O)CCCC(=O)NCc1cccc(-c2cccc([C@@H]3O[C@H](CN4CCC(O)(c5ccc(Cl)cc5)CC4)C[C@H](c4ccc(CO)cc4)O3)c2)c1. The molecule has 0 saturated carbocycles. The Bertz CT molecular complexity index is 1770. The lowest BCUT2D eigenvalue weighted by Gasteiger charge is -2.42. The Morgan fingerprint density at radius 2 is 1.55 bits per heavy atom. The number of benzene rings is 4. The van der Waals surface area contributed by atoms with Crippen molar-refractivity contribution in [3.8, 4) is 11.1 Å². The Hall–Kier alpha value is -4.09. The van der Waals surface area contributed by atoms with Gasteiger partial charge in [0.15, 0.2) is 6.29 Å². The molecule has 0 radical (unpaired) electrons. The number of nitrogens with one attached hydrogen (secondary N) is 1. The Morgan fingerprint density at radius 3 is 2.25 bits per heavy atom. The van der Waals surface area contributed by atoms with Gasteiger partial charge in [-0.3, -0.25) is 9.59 Å². The summed E-state index contributed by atoms with van der Waals surface area (Å²) in [7, 11) is 0. The van der Waals surface area contributed by atoms with E-state index in [0.29, 0.717) is 43.8 Å². The van der Waals surface area contributed by atoms with Crippen LogP contribution in [0.1, 0.15) is 78.7 Å². The highest BCUT2D eigenvalue weighted by Gasteiger charge is 2.37. The molecule has 10 heteroatoms. The van der Waals surface area contributed by atoms with Gasteiger partial charge < -0.3 is 35.0 Å². The third kappa shape index (κ3) is 9.83. The standard InChI is InChI=1S/C41H45ClN2O7/c42-35-16-14-34(15-17-35)41(49)18-20-44(21-19-41)26-36-24-37(30-12-10-28(27-45)11-13-30)51-40(50-36)33-7-2-6-32(23-33)31-5-1-4-29(22-31)25-43-38(46)8-3-9-39(47)48/h1-2,4-7,10-17,22-23,36-37,40,45,49H,3,8-9,18-21,24-27H2,(H,43,46)(H,47,48)/t36-,37+,40+/m0/s1. The van der Waals surface area contributed by atoms with E-state index in [1.165, 1.54) is 0 Å². The van der Waals surface area contributed by atoms with E-state index in [-0.39, 0.29) is 37.6 Å². The maximum absolute atomic E-state index is 12.2. The van der Waals surface area contributed by atoms with E-state index in [1.54, 1.807) is 0 Å². The Morgan fingerprint density at radius 1 is 0.843 bits per heavy atom. The first-order chi connectivity index (χ1) is 24.7. The lowest BCUT2D eigenvalue weighted by molar-refractivity contribution is -0.253. The molecule has 51 heavy (non-hydrogen) atoms. The lowest BCUT2D eigenvalue weighted by atomic mass is 9.84. The molecule has 4 aromatic rings. The number of carbonyl (C=O) groups is 2. The summed E-state index contributed by atoms with van der Waals surface area (Å²) in [6.07, 6.45) is 1.38. The first kappa shape index (κ1) is 36.7. The van der Waals surface area contributed by atoms with Crippen molar-refractivity contribution in [2.45, 2.75) is 75.8 Å². The minimum absolute atomic E-state index is 0.0232. The largest absolute Gasteiger partial charge is 0.481 e. The van der Waals surface area contributed by atoms with E-state index in [4.69, 9.17) is 26.2 Å². The Balaban J connectivity index is 1.15. The maximum atomic E-state index is 12.2. The molecule has 0 aromatic heterocycles. The number of hydrogen-bond acceptors (Lipinski definition) is 7. The van der Waals surface area contributed by atoms with Crippen LogP contribution in [0.4, 0.5) is 0 Å². The summed E-state index contributed by atoms with van der Waals surface area (Å²) in [6.45, 7) is 2.49. The smallest absolute Gasteiger partial charge is 0.303 e. The predicted molar refractivity (Wildman–Crippen MR) is 195 cm³/mol. The van der Waals surface area contributed by atoms with E-state index in [0.717, 1.165) is 52.0 Å². The van der Waals surface area contributed by atoms with Crippen molar-refractivity contribution < 1.29 is 34.4 Å². The van der Waals surface area contributed by atoms with E-state index >= 15 is 0 Å². The number of ether oxygens (including phenoxy) is 2. The van der Waals surface area contributed by atoms with Crippen LogP contribution in [0, 0.1) is 0 Å². The van der Waals surface area contributed by atoms with Crippen LogP contribution < -0.4 is 5.32 Å². The van der Waals surface area contributed by atoms with Crippen LogP contribution in [0.15, 0.2) is 97.1 Å². The van der Waals surface area contributed by atoms with Gasteiger partial charge in [0, 0.05) is 56.0 Å². The van der Waals surface area contributed by atoms with Gasteiger partial charge in [-0.1, -0.05) is 84.4 Å². The fourth-order valence-corrected chi connectivity index (χ4v) is 7.02. The molecule has 0 aliphatic carbocycles. The molecule has 4 N–H and O–H groups in total. The second-order valence-corrected chi connectivity index (χ2v) is 14.0. The van der Waals surface area contributed by atoms with Gasteiger partial charge in [-0.2, -0.15) is 0 Å². The quantitative estimate of drug-likeness (QED) is 0.118. The zero-order valence-electron chi connectivity index (χ0n) is 28.5. The molecule has 2 fully saturated rings. The monoisotopic (exact) mass is 712 g/mol. The number of aliphatic hydroxyl groups excluding tert-OH is 1. The number of carboxylic acids is 1. The molecule has 0 bridgehead atoms. The normalized spacial score (nSPS) is 20.5. The average Bonchev–Trinajstić information content (AvgIpc) is 3.15. The van der Waals surface area contributed by atoms with Gasteiger partial charge in [-0.25, -0.2) is 0 Å². The van der Waals surface area contributed by atoms with Gasteiger partial charge in [0.05, 0.1) is 24.4 Å². The molecule has 0 spiro atoms. The van der Waals surface area contributed by atoms with Crippen molar-refractivity contribution in [1.82, 2.24) is 10.2 Å². The molecule has 268 valence electrons. The number of halogens is 1. The van der Waals surface area contributed by atoms with Gasteiger partial charge in [-0.15, -0.1) is 0 Å². The van der Waals surface area contributed by atoms with Crippen molar-refractivity contribution in [1.29, 1.82) is 0 Å². The molecule has 2 aliphatic rings. The lowest BCUT2D eigenvalue weighted by Crippen LogP contribution is -2.46. The van der Waals surface area contributed by atoms with Gasteiger partial charge in [-0.05, 0) is 76.9 Å². The summed E-state index contributed by atoms with van der Waals surface area (Å²) >= 11 is 6.09. The Labute approximate surface area is 303 Å². The molecule has 2 aliphatic heterocycles. The van der Waals surface area contributed by atoms with Crippen LogP contribution in [-0.2, 0) is 37.8 Å².